The van der Waals surface area contributed by atoms with Crippen molar-refractivity contribution in [2.75, 3.05) is 18.4 Å². The first kappa shape index (κ1) is 20.1. The largest absolute Gasteiger partial charge is 0.573 e. The number of hydrogen-bond donors (Lipinski definition) is 2. The van der Waals surface area contributed by atoms with Gasteiger partial charge in [0.05, 0.1) is 0 Å². The molecule has 3 rings (SSSR count). The molecule has 152 valence electrons. The lowest BCUT2D eigenvalue weighted by Gasteiger charge is -2.11. The molecule has 8 nitrogen and oxygen atoms in total. The van der Waals surface area contributed by atoms with E-state index in [1.165, 1.54) is 12.1 Å². The molecule has 0 saturated heterocycles. The maximum absolute atomic E-state index is 12.3. The Morgan fingerprint density at radius 2 is 2.00 bits per heavy atom. The molecule has 1 amide bonds. The number of benzene rings is 1. The van der Waals surface area contributed by atoms with Gasteiger partial charge in [0.2, 0.25) is 0 Å². The number of aromatic nitrogens is 4. The van der Waals surface area contributed by atoms with Crippen molar-refractivity contribution in [2.24, 2.45) is 0 Å². The minimum Gasteiger partial charge on any atom is -0.406 e. The van der Waals surface area contributed by atoms with Crippen molar-refractivity contribution < 1.29 is 22.7 Å². The number of nitrogens with zero attached hydrogens (tertiary/aromatic N) is 4. The van der Waals surface area contributed by atoms with Gasteiger partial charge in [0.25, 0.3) is 5.91 Å². The Kier molecular flexibility index (Phi) is 5.96. The van der Waals surface area contributed by atoms with Gasteiger partial charge in [0, 0.05) is 37.1 Å². The third kappa shape index (κ3) is 5.92. The minimum absolute atomic E-state index is 0.0607. The second-order valence-electron chi connectivity index (χ2n) is 5.87. The normalized spacial score (nSPS) is 11.2. The Morgan fingerprint density at radius 3 is 2.72 bits per heavy atom. The SMILES string of the molecule is Cc1nc(NCCNC(=O)c2cccc(OC(F)(F)F)c2)cc(-n2cccn2)n1. The number of carbonyl (C=O) groups excluding carboxylic acids is 1. The molecule has 11 heteroatoms. The van der Waals surface area contributed by atoms with Crippen LogP contribution in [0, 0.1) is 6.92 Å². The van der Waals surface area contributed by atoms with Gasteiger partial charge >= 0.3 is 6.36 Å². The minimum atomic E-state index is -4.82. The summed E-state index contributed by atoms with van der Waals surface area (Å²) in [7, 11) is 0. The number of halogens is 3. The summed E-state index contributed by atoms with van der Waals surface area (Å²) in [5, 5.41) is 9.79. The number of ether oxygens (including phenoxy) is 1. The van der Waals surface area contributed by atoms with Gasteiger partial charge in [-0.05, 0) is 31.2 Å². The van der Waals surface area contributed by atoms with Crippen molar-refractivity contribution in [3.05, 3.63) is 60.2 Å². The number of nitrogens with one attached hydrogen (secondary N) is 2. The van der Waals surface area contributed by atoms with Crippen LogP contribution >= 0.6 is 0 Å². The number of alkyl halides is 3. The number of carbonyl (C=O) groups is 1. The van der Waals surface area contributed by atoms with E-state index in [0.29, 0.717) is 24.0 Å². The fourth-order valence-corrected chi connectivity index (χ4v) is 2.47. The fraction of sp³-hybridized carbons (Fsp3) is 0.222. The number of aryl methyl sites for hydroxylation is 1. The average molecular weight is 406 g/mol. The van der Waals surface area contributed by atoms with Gasteiger partial charge in [-0.2, -0.15) is 5.10 Å². The van der Waals surface area contributed by atoms with Crippen LogP contribution in [0.15, 0.2) is 48.8 Å². The standard InChI is InChI=1S/C18H17F3N6O2/c1-12-25-15(11-16(26-12)27-9-3-6-24-27)22-7-8-23-17(28)13-4-2-5-14(10-13)29-18(19,20)21/h2-6,9-11H,7-8H2,1H3,(H,23,28)(H,22,25,26). The summed E-state index contributed by atoms with van der Waals surface area (Å²) in [6, 6.07) is 8.35. The van der Waals surface area contributed by atoms with Crippen LogP contribution in [0.25, 0.3) is 5.82 Å². The Morgan fingerprint density at radius 1 is 1.17 bits per heavy atom. The Hall–Kier alpha value is -3.63. The monoisotopic (exact) mass is 406 g/mol. The van der Waals surface area contributed by atoms with Gasteiger partial charge in [-0.3, -0.25) is 4.79 Å². The van der Waals surface area contributed by atoms with Gasteiger partial charge in [0.1, 0.15) is 17.4 Å². The first-order valence-corrected chi connectivity index (χ1v) is 8.54. The molecule has 0 bridgehead atoms. The molecule has 3 aromatic rings. The molecule has 1 aromatic carbocycles. The maximum Gasteiger partial charge on any atom is 0.573 e. The van der Waals surface area contributed by atoms with Gasteiger partial charge in [-0.1, -0.05) is 6.07 Å². The number of amides is 1. The van der Waals surface area contributed by atoms with Gasteiger partial charge in [-0.25, -0.2) is 14.6 Å². The van der Waals surface area contributed by atoms with Crippen molar-refractivity contribution in [2.45, 2.75) is 13.3 Å². The number of anilines is 1. The molecule has 0 aliphatic rings. The summed E-state index contributed by atoms with van der Waals surface area (Å²) >= 11 is 0. The molecular weight excluding hydrogens is 389 g/mol. The quantitative estimate of drug-likeness (QED) is 0.586. The third-order valence-corrected chi connectivity index (χ3v) is 3.61. The molecule has 2 N–H and O–H groups in total. The molecule has 2 aromatic heterocycles. The summed E-state index contributed by atoms with van der Waals surface area (Å²) in [5.41, 5.74) is 0.0607. The van der Waals surface area contributed by atoms with Crippen LogP contribution in [0.5, 0.6) is 5.75 Å². The topological polar surface area (TPSA) is 94.0 Å². The summed E-state index contributed by atoms with van der Waals surface area (Å²) in [4.78, 5) is 20.7. The van der Waals surface area contributed by atoms with E-state index in [4.69, 9.17) is 0 Å². The third-order valence-electron chi connectivity index (χ3n) is 3.61. The highest BCUT2D eigenvalue weighted by Crippen LogP contribution is 2.23. The van der Waals surface area contributed by atoms with E-state index in [2.05, 4.69) is 30.4 Å². The summed E-state index contributed by atoms with van der Waals surface area (Å²) in [6.45, 7) is 2.32. The molecule has 29 heavy (non-hydrogen) atoms. The first-order chi connectivity index (χ1) is 13.8. The van der Waals surface area contributed by atoms with Gasteiger partial charge < -0.3 is 15.4 Å². The molecule has 0 radical (unpaired) electrons. The predicted molar refractivity (Wildman–Crippen MR) is 97.8 cm³/mol. The highest BCUT2D eigenvalue weighted by Gasteiger charge is 2.31. The molecule has 0 saturated carbocycles. The van der Waals surface area contributed by atoms with Gasteiger partial charge in [0.15, 0.2) is 5.82 Å². The summed E-state index contributed by atoms with van der Waals surface area (Å²) in [5.74, 6) is 0.723. The van der Waals surface area contributed by atoms with Crippen molar-refractivity contribution in [3.8, 4) is 11.6 Å². The first-order valence-electron chi connectivity index (χ1n) is 8.54. The predicted octanol–water partition coefficient (Wildman–Crippen LogP) is 2.71. The molecule has 0 aliphatic heterocycles. The van der Waals surface area contributed by atoms with E-state index < -0.39 is 18.0 Å². The highest BCUT2D eigenvalue weighted by atomic mass is 19.4. The Labute approximate surface area is 163 Å². The van der Waals surface area contributed by atoms with Gasteiger partial charge in [-0.15, -0.1) is 13.2 Å². The summed E-state index contributed by atoms with van der Waals surface area (Å²) in [6.07, 6.45) is -1.43. The van der Waals surface area contributed by atoms with Crippen LogP contribution < -0.4 is 15.4 Å². The maximum atomic E-state index is 12.3. The lowest BCUT2D eigenvalue weighted by Crippen LogP contribution is -2.29. The molecule has 0 spiro atoms. The number of hydrogen-bond acceptors (Lipinski definition) is 6. The van der Waals surface area contributed by atoms with Crippen LogP contribution in [-0.4, -0.2) is 45.1 Å². The van der Waals surface area contributed by atoms with Crippen LogP contribution in [0.4, 0.5) is 19.0 Å². The smallest absolute Gasteiger partial charge is 0.406 e. The second-order valence-corrected chi connectivity index (χ2v) is 5.87. The highest BCUT2D eigenvalue weighted by molar-refractivity contribution is 5.94. The summed E-state index contributed by atoms with van der Waals surface area (Å²) < 4.78 is 42.3. The lowest BCUT2D eigenvalue weighted by molar-refractivity contribution is -0.274. The molecule has 0 atom stereocenters. The molecule has 0 fully saturated rings. The second kappa shape index (κ2) is 8.59. The van der Waals surface area contributed by atoms with Crippen LogP contribution in [-0.2, 0) is 0 Å². The zero-order valence-corrected chi connectivity index (χ0v) is 15.3. The van der Waals surface area contributed by atoms with E-state index in [9.17, 15) is 18.0 Å². The Bertz CT molecular complexity index is 976. The van der Waals surface area contributed by atoms with Crippen molar-refractivity contribution >= 4 is 11.7 Å². The fourth-order valence-electron chi connectivity index (χ4n) is 2.47. The Balaban J connectivity index is 1.53. The lowest BCUT2D eigenvalue weighted by atomic mass is 10.2. The zero-order valence-electron chi connectivity index (χ0n) is 15.3. The average Bonchev–Trinajstić information content (AvgIpc) is 3.18. The molecule has 2 heterocycles. The number of rotatable bonds is 7. The molecule has 0 aliphatic carbocycles. The van der Waals surface area contributed by atoms with E-state index in [0.717, 1.165) is 12.1 Å². The van der Waals surface area contributed by atoms with E-state index in [1.807, 2.05) is 0 Å². The van der Waals surface area contributed by atoms with Crippen molar-refractivity contribution in [1.29, 1.82) is 0 Å². The van der Waals surface area contributed by atoms with E-state index in [-0.39, 0.29) is 12.1 Å². The van der Waals surface area contributed by atoms with Crippen LogP contribution in [0.1, 0.15) is 16.2 Å². The zero-order chi connectivity index (χ0) is 20.9. The van der Waals surface area contributed by atoms with E-state index >= 15 is 0 Å². The molecule has 0 unspecified atom stereocenters. The van der Waals surface area contributed by atoms with Crippen LogP contribution in [0.3, 0.4) is 0 Å². The van der Waals surface area contributed by atoms with Crippen LogP contribution in [0.2, 0.25) is 0 Å². The molecular formula is C18H17F3N6O2. The van der Waals surface area contributed by atoms with E-state index in [1.54, 1.807) is 36.1 Å². The van der Waals surface area contributed by atoms with Crippen molar-refractivity contribution in [1.82, 2.24) is 25.1 Å². The van der Waals surface area contributed by atoms with Crippen molar-refractivity contribution in [3.63, 3.8) is 0 Å².